The van der Waals surface area contributed by atoms with Crippen LogP contribution in [-0.4, -0.2) is 18.4 Å². The van der Waals surface area contributed by atoms with Crippen molar-refractivity contribution in [3.05, 3.63) is 53.1 Å². The Morgan fingerprint density at radius 2 is 1.69 bits per heavy atom. The standard InChI is InChI=1S/C21H26N2O3/c1-13(2)18-10-9-17(11-14(18)3)26-12-21(25)23-20-8-6-7-19(15(20)4)22-16(5)24/h6-11,13H,12H2,1-5H3,(H,22,24)(H,23,25). The fourth-order valence-electron chi connectivity index (χ4n) is 2.82. The SMILES string of the molecule is CC(=O)Nc1cccc(NC(=O)COc2ccc(C(C)C)c(C)c2)c1C. The van der Waals surface area contributed by atoms with E-state index in [0.29, 0.717) is 23.0 Å². The number of nitrogens with one attached hydrogen (secondary N) is 2. The van der Waals surface area contributed by atoms with E-state index in [9.17, 15) is 9.59 Å². The number of carbonyl (C=O) groups excluding carboxylic acids is 2. The molecule has 2 amide bonds. The van der Waals surface area contributed by atoms with E-state index in [4.69, 9.17) is 4.74 Å². The third-order valence-electron chi connectivity index (χ3n) is 4.15. The van der Waals surface area contributed by atoms with Crippen LogP contribution in [0.4, 0.5) is 11.4 Å². The summed E-state index contributed by atoms with van der Waals surface area (Å²) in [6.45, 7) is 9.55. The van der Waals surface area contributed by atoms with Crippen LogP contribution in [0.15, 0.2) is 36.4 Å². The zero-order valence-corrected chi connectivity index (χ0v) is 16.0. The molecule has 0 fully saturated rings. The molecule has 0 heterocycles. The van der Waals surface area contributed by atoms with Crippen LogP contribution in [0.5, 0.6) is 5.75 Å². The highest BCUT2D eigenvalue weighted by molar-refractivity contribution is 5.95. The number of benzene rings is 2. The summed E-state index contributed by atoms with van der Waals surface area (Å²) in [5.74, 6) is 0.718. The van der Waals surface area contributed by atoms with Crippen molar-refractivity contribution in [2.75, 3.05) is 17.2 Å². The number of hydrogen-bond donors (Lipinski definition) is 2. The van der Waals surface area contributed by atoms with Crippen LogP contribution >= 0.6 is 0 Å². The minimum atomic E-state index is -0.251. The molecule has 0 aliphatic heterocycles. The van der Waals surface area contributed by atoms with Crippen LogP contribution in [0.25, 0.3) is 0 Å². The minimum absolute atomic E-state index is 0.0791. The predicted molar refractivity (Wildman–Crippen MR) is 105 cm³/mol. The molecule has 0 unspecified atom stereocenters. The maximum absolute atomic E-state index is 12.2. The molecule has 0 atom stereocenters. The van der Waals surface area contributed by atoms with Crippen LogP contribution < -0.4 is 15.4 Å². The normalized spacial score (nSPS) is 10.5. The summed E-state index contributed by atoms with van der Waals surface area (Å²) >= 11 is 0. The van der Waals surface area contributed by atoms with Gasteiger partial charge >= 0.3 is 0 Å². The lowest BCUT2D eigenvalue weighted by molar-refractivity contribution is -0.118. The van der Waals surface area contributed by atoms with Gasteiger partial charge in [-0.3, -0.25) is 9.59 Å². The Kier molecular flexibility index (Phi) is 6.39. The van der Waals surface area contributed by atoms with Crippen LogP contribution in [0.3, 0.4) is 0 Å². The second kappa shape index (κ2) is 8.52. The summed E-state index contributed by atoms with van der Waals surface area (Å²) in [4.78, 5) is 23.4. The van der Waals surface area contributed by atoms with E-state index in [1.165, 1.54) is 12.5 Å². The molecule has 2 aromatic rings. The van der Waals surface area contributed by atoms with Gasteiger partial charge in [-0.25, -0.2) is 0 Å². The van der Waals surface area contributed by atoms with Gasteiger partial charge in [0.05, 0.1) is 0 Å². The molecular formula is C21H26N2O3. The first-order valence-electron chi connectivity index (χ1n) is 8.68. The van der Waals surface area contributed by atoms with Crippen molar-refractivity contribution in [2.24, 2.45) is 0 Å². The molecule has 0 aliphatic rings. The van der Waals surface area contributed by atoms with E-state index >= 15 is 0 Å². The Bertz CT molecular complexity index is 813. The van der Waals surface area contributed by atoms with E-state index in [1.807, 2.05) is 32.0 Å². The topological polar surface area (TPSA) is 67.4 Å². The monoisotopic (exact) mass is 354 g/mol. The lowest BCUT2D eigenvalue weighted by Crippen LogP contribution is -2.21. The largest absolute Gasteiger partial charge is 0.484 e. The van der Waals surface area contributed by atoms with Crippen molar-refractivity contribution in [2.45, 2.75) is 40.5 Å². The number of carbonyl (C=O) groups is 2. The highest BCUT2D eigenvalue weighted by Gasteiger charge is 2.10. The smallest absolute Gasteiger partial charge is 0.262 e. The van der Waals surface area contributed by atoms with Gasteiger partial charge in [-0.05, 0) is 60.7 Å². The quantitative estimate of drug-likeness (QED) is 0.808. The van der Waals surface area contributed by atoms with Gasteiger partial charge in [-0.15, -0.1) is 0 Å². The fraction of sp³-hybridized carbons (Fsp3) is 0.333. The first-order chi connectivity index (χ1) is 12.3. The molecule has 0 saturated carbocycles. The van der Waals surface area contributed by atoms with Crippen LogP contribution in [0, 0.1) is 13.8 Å². The lowest BCUT2D eigenvalue weighted by Gasteiger charge is -2.14. The number of aryl methyl sites for hydroxylation is 1. The Labute approximate surface area is 154 Å². The molecule has 0 aromatic heterocycles. The van der Waals surface area contributed by atoms with Gasteiger partial charge in [0.15, 0.2) is 6.61 Å². The molecule has 2 rings (SSSR count). The summed E-state index contributed by atoms with van der Waals surface area (Å²) in [5.41, 5.74) is 4.55. The molecule has 26 heavy (non-hydrogen) atoms. The van der Waals surface area contributed by atoms with Crippen molar-refractivity contribution in [3.63, 3.8) is 0 Å². The molecule has 0 spiro atoms. The highest BCUT2D eigenvalue weighted by Crippen LogP contribution is 2.25. The van der Waals surface area contributed by atoms with Crippen molar-refractivity contribution >= 4 is 23.2 Å². The number of ether oxygens (including phenoxy) is 1. The zero-order chi connectivity index (χ0) is 19.3. The highest BCUT2D eigenvalue weighted by atomic mass is 16.5. The van der Waals surface area contributed by atoms with Crippen LogP contribution in [0.1, 0.15) is 43.4 Å². The molecule has 2 N–H and O–H groups in total. The third kappa shape index (κ3) is 5.09. The van der Waals surface area contributed by atoms with Crippen molar-refractivity contribution in [3.8, 4) is 5.75 Å². The lowest BCUT2D eigenvalue weighted by atomic mass is 9.98. The number of amides is 2. The second-order valence-electron chi connectivity index (χ2n) is 6.67. The van der Waals surface area contributed by atoms with Gasteiger partial charge < -0.3 is 15.4 Å². The maximum Gasteiger partial charge on any atom is 0.262 e. The van der Waals surface area contributed by atoms with E-state index in [2.05, 4.69) is 24.5 Å². The van der Waals surface area contributed by atoms with Gasteiger partial charge in [0.2, 0.25) is 5.91 Å². The molecule has 5 heteroatoms. The van der Waals surface area contributed by atoms with Gasteiger partial charge in [0, 0.05) is 18.3 Å². The average Bonchev–Trinajstić information content (AvgIpc) is 2.56. The zero-order valence-electron chi connectivity index (χ0n) is 16.0. The Balaban J connectivity index is 1.99. The van der Waals surface area contributed by atoms with Gasteiger partial charge in [0.25, 0.3) is 5.91 Å². The Hall–Kier alpha value is -2.82. The molecule has 0 aliphatic carbocycles. The molecule has 5 nitrogen and oxygen atoms in total. The summed E-state index contributed by atoms with van der Waals surface area (Å²) in [5, 5.41) is 5.57. The summed E-state index contributed by atoms with van der Waals surface area (Å²) < 4.78 is 5.61. The molecule has 2 aromatic carbocycles. The van der Waals surface area contributed by atoms with Crippen LogP contribution in [0.2, 0.25) is 0 Å². The van der Waals surface area contributed by atoms with Crippen LogP contribution in [-0.2, 0) is 9.59 Å². The van der Waals surface area contributed by atoms with E-state index < -0.39 is 0 Å². The van der Waals surface area contributed by atoms with Crippen molar-refractivity contribution in [1.82, 2.24) is 0 Å². The molecular weight excluding hydrogens is 328 g/mol. The van der Waals surface area contributed by atoms with Gasteiger partial charge in [-0.2, -0.15) is 0 Å². The molecule has 0 bridgehead atoms. The van der Waals surface area contributed by atoms with Gasteiger partial charge in [-0.1, -0.05) is 26.0 Å². The third-order valence-corrected chi connectivity index (χ3v) is 4.15. The Morgan fingerprint density at radius 3 is 2.27 bits per heavy atom. The van der Waals surface area contributed by atoms with E-state index in [-0.39, 0.29) is 18.4 Å². The van der Waals surface area contributed by atoms with E-state index in [1.54, 1.807) is 18.2 Å². The number of hydrogen-bond acceptors (Lipinski definition) is 3. The summed E-state index contributed by atoms with van der Waals surface area (Å²) in [6, 6.07) is 11.2. The number of anilines is 2. The summed E-state index contributed by atoms with van der Waals surface area (Å²) in [7, 11) is 0. The molecule has 0 radical (unpaired) electrons. The molecule has 138 valence electrons. The average molecular weight is 354 g/mol. The van der Waals surface area contributed by atoms with Gasteiger partial charge in [0.1, 0.15) is 5.75 Å². The first-order valence-corrected chi connectivity index (χ1v) is 8.68. The Morgan fingerprint density at radius 1 is 1.04 bits per heavy atom. The first kappa shape index (κ1) is 19.5. The predicted octanol–water partition coefficient (Wildman–Crippen LogP) is 4.40. The second-order valence-corrected chi connectivity index (χ2v) is 6.67. The maximum atomic E-state index is 12.2. The fourth-order valence-corrected chi connectivity index (χ4v) is 2.82. The summed E-state index contributed by atoms with van der Waals surface area (Å²) in [6.07, 6.45) is 0. The van der Waals surface area contributed by atoms with Crippen molar-refractivity contribution in [1.29, 1.82) is 0 Å². The minimum Gasteiger partial charge on any atom is -0.484 e. The van der Waals surface area contributed by atoms with Crippen molar-refractivity contribution < 1.29 is 14.3 Å². The number of rotatable bonds is 6. The van der Waals surface area contributed by atoms with E-state index in [0.717, 1.165) is 11.1 Å². The molecule has 0 saturated heterocycles.